The Labute approximate surface area is 211 Å². The Hall–Kier alpha value is -3.68. The molecule has 0 fully saturated rings. The van der Waals surface area contributed by atoms with E-state index in [-0.39, 0.29) is 12.3 Å². The van der Waals surface area contributed by atoms with Gasteiger partial charge in [0, 0.05) is 10.2 Å². The molecule has 3 aliphatic heterocycles. The summed E-state index contributed by atoms with van der Waals surface area (Å²) in [6.07, 6.45) is 6.06. The largest absolute Gasteiger partial charge is 0.453 e. The summed E-state index contributed by atoms with van der Waals surface area (Å²) < 4.78 is 7.22. The van der Waals surface area contributed by atoms with Crippen molar-refractivity contribution in [2.45, 2.75) is 25.2 Å². The van der Waals surface area contributed by atoms with Crippen molar-refractivity contribution in [1.82, 2.24) is 10.6 Å². The van der Waals surface area contributed by atoms with Gasteiger partial charge in [-0.2, -0.15) is 0 Å². The van der Waals surface area contributed by atoms with Crippen LogP contribution in [0, 0.1) is 0 Å². The zero-order valence-electron chi connectivity index (χ0n) is 18.8. The van der Waals surface area contributed by atoms with E-state index in [2.05, 4.69) is 80.0 Å². The average Bonchev–Trinajstić information content (AvgIpc) is 3.48. The Morgan fingerprint density at radius 3 is 2.23 bits per heavy atom. The van der Waals surface area contributed by atoms with Gasteiger partial charge >= 0.3 is 0 Å². The Bertz CT molecular complexity index is 1410. The van der Waals surface area contributed by atoms with Crippen molar-refractivity contribution in [3.05, 3.63) is 106 Å². The molecule has 2 atom stereocenters. The molecule has 3 aromatic rings. The number of aliphatic imine (C=N–C) groups is 2. The predicted molar refractivity (Wildman–Crippen MR) is 142 cm³/mol. The van der Waals surface area contributed by atoms with Gasteiger partial charge in [0.15, 0.2) is 17.3 Å². The summed E-state index contributed by atoms with van der Waals surface area (Å²) in [5, 5.41) is 7.06. The van der Waals surface area contributed by atoms with Crippen molar-refractivity contribution in [2.75, 3.05) is 4.90 Å². The molecule has 2 N–H and O–H groups in total. The second-order valence-corrected chi connectivity index (χ2v) is 9.78. The monoisotopic (exact) mass is 523 g/mol. The number of allylic oxidation sites excluding steroid dienone is 3. The van der Waals surface area contributed by atoms with Crippen molar-refractivity contribution in [1.29, 1.82) is 0 Å². The molecule has 3 aromatic carbocycles. The highest BCUT2D eigenvalue weighted by Gasteiger charge is 2.35. The lowest BCUT2D eigenvalue weighted by molar-refractivity contribution is 0.475. The smallest absolute Gasteiger partial charge is 0.165 e. The minimum atomic E-state index is -0.0748. The number of hydrogen-bond donors (Lipinski definition) is 2. The summed E-state index contributed by atoms with van der Waals surface area (Å²) in [5.74, 6) is 3.48. The molecule has 0 amide bonds. The molecule has 0 saturated heterocycles. The Kier molecular flexibility index (Phi) is 4.85. The third kappa shape index (κ3) is 3.59. The van der Waals surface area contributed by atoms with Gasteiger partial charge in [0.25, 0.3) is 0 Å². The summed E-state index contributed by atoms with van der Waals surface area (Å²) in [4.78, 5) is 12.0. The number of halogens is 1. The first-order chi connectivity index (χ1) is 17.2. The number of nitrogens with one attached hydrogen (secondary N) is 2. The first kappa shape index (κ1) is 20.7. The number of amidine groups is 2. The van der Waals surface area contributed by atoms with Crippen LogP contribution >= 0.6 is 15.9 Å². The van der Waals surface area contributed by atoms with Crippen LogP contribution in [0.3, 0.4) is 0 Å². The molecule has 172 valence electrons. The molecule has 3 heterocycles. The van der Waals surface area contributed by atoms with Crippen LogP contribution in [-0.4, -0.2) is 17.8 Å². The van der Waals surface area contributed by atoms with E-state index < -0.39 is 0 Å². The van der Waals surface area contributed by atoms with Gasteiger partial charge in [-0.25, -0.2) is 9.98 Å². The van der Waals surface area contributed by atoms with Crippen LogP contribution in [0.5, 0.6) is 11.5 Å². The van der Waals surface area contributed by atoms with E-state index in [9.17, 15) is 0 Å². The van der Waals surface area contributed by atoms with Crippen LogP contribution in [0.2, 0.25) is 0 Å². The van der Waals surface area contributed by atoms with Crippen LogP contribution in [0.25, 0.3) is 0 Å². The number of hydrogen-bond acceptors (Lipinski definition) is 6. The highest BCUT2D eigenvalue weighted by Crippen LogP contribution is 2.49. The molecule has 2 unspecified atom stereocenters. The maximum atomic E-state index is 6.15. The SMILES string of the molecule is Brc1ccc(C2N=C3N=C(C4=CC=C(N5c6ccccc6Oc6ccccc65)CC4)NC3N2)cc1. The Balaban J connectivity index is 1.16. The van der Waals surface area contributed by atoms with Gasteiger partial charge in [-0.05, 0) is 66.5 Å². The van der Waals surface area contributed by atoms with E-state index in [4.69, 9.17) is 14.7 Å². The maximum absolute atomic E-state index is 6.15. The normalized spacial score (nSPS) is 22.0. The van der Waals surface area contributed by atoms with Crippen molar-refractivity contribution in [3.63, 3.8) is 0 Å². The van der Waals surface area contributed by atoms with Crippen molar-refractivity contribution in [3.8, 4) is 11.5 Å². The summed E-state index contributed by atoms with van der Waals surface area (Å²) >= 11 is 3.49. The molecule has 0 aromatic heterocycles. The first-order valence-electron chi connectivity index (χ1n) is 11.7. The van der Waals surface area contributed by atoms with Gasteiger partial charge in [-0.1, -0.05) is 58.4 Å². The Morgan fingerprint density at radius 1 is 0.857 bits per heavy atom. The minimum Gasteiger partial charge on any atom is -0.453 e. The van der Waals surface area contributed by atoms with Crippen LogP contribution in [0.1, 0.15) is 24.6 Å². The number of anilines is 2. The molecule has 7 heteroatoms. The van der Waals surface area contributed by atoms with Crippen molar-refractivity contribution in [2.24, 2.45) is 9.98 Å². The molecular weight excluding hydrogens is 502 g/mol. The average molecular weight is 524 g/mol. The summed E-state index contributed by atoms with van der Waals surface area (Å²) in [5.41, 5.74) is 5.70. The Morgan fingerprint density at radius 2 is 1.57 bits per heavy atom. The lowest BCUT2D eigenvalue weighted by Gasteiger charge is -2.35. The van der Waals surface area contributed by atoms with Crippen molar-refractivity contribution >= 4 is 39.0 Å². The number of para-hydroxylation sites is 4. The zero-order chi connectivity index (χ0) is 23.4. The number of fused-ring (bicyclic) bond motifs is 3. The molecule has 1 aliphatic carbocycles. The van der Waals surface area contributed by atoms with Gasteiger partial charge in [-0.15, -0.1) is 0 Å². The molecule has 7 rings (SSSR count). The molecule has 6 nitrogen and oxygen atoms in total. The van der Waals surface area contributed by atoms with Gasteiger partial charge in [-0.3, -0.25) is 5.32 Å². The molecule has 0 radical (unpaired) electrons. The van der Waals surface area contributed by atoms with Crippen LogP contribution in [0.4, 0.5) is 11.4 Å². The molecule has 0 bridgehead atoms. The van der Waals surface area contributed by atoms with E-state index in [1.165, 1.54) is 11.3 Å². The van der Waals surface area contributed by atoms with E-state index in [0.29, 0.717) is 0 Å². The fourth-order valence-electron chi connectivity index (χ4n) is 4.96. The zero-order valence-corrected chi connectivity index (χ0v) is 20.4. The fraction of sp³-hybridized carbons (Fsp3) is 0.143. The van der Waals surface area contributed by atoms with Crippen LogP contribution in [0.15, 0.2) is 111 Å². The fourth-order valence-corrected chi connectivity index (χ4v) is 5.23. The number of ether oxygens (including phenoxy) is 1. The molecule has 4 aliphatic rings. The van der Waals surface area contributed by atoms with Crippen LogP contribution < -0.4 is 20.3 Å². The molecule has 35 heavy (non-hydrogen) atoms. The van der Waals surface area contributed by atoms with Gasteiger partial charge in [0.1, 0.15) is 18.2 Å². The molecule has 0 spiro atoms. The number of nitrogens with zero attached hydrogens (tertiary/aromatic N) is 3. The van der Waals surface area contributed by atoms with E-state index in [1.54, 1.807) is 0 Å². The third-order valence-electron chi connectivity index (χ3n) is 6.69. The summed E-state index contributed by atoms with van der Waals surface area (Å²) in [6, 6.07) is 24.6. The quantitative estimate of drug-likeness (QED) is 0.421. The van der Waals surface area contributed by atoms with E-state index >= 15 is 0 Å². The lowest BCUT2D eigenvalue weighted by atomic mass is 9.99. The molecule has 0 saturated carbocycles. The highest BCUT2D eigenvalue weighted by atomic mass is 79.9. The second kappa shape index (κ2) is 8.22. The standard InChI is InChI=1S/C28H22BrN5O/c29-19-13-9-17(10-14-19)25-30-27-28(31-25)33-26(32-27)18-11-15-20(16-12-18)34-21-5-1-3-7-23(21)35-24-8-4-2-6-22(24)34/h1-11,13-15,25,27,30H,12,16H2,(H,31,32,33). The number of rotatable bonds is 3. The predicted octanol–water partition coefficient (Wildman–Crippen LogP) is 6.33. The number of benzene rings is 3. The van der Waals surface area contributed by atoms with E-state index in [1.807, 2.05) is 36.4 Å². The lowest BCUT2D eigenvalue weighted by Crippen LogP contribution is -2.42. The minimum absolute atomic E-state index is 0.0529. The van der Waals surface area contributed by atoms with Gasteiger partial charge in [0.2, 0.25) is 0 Å². The van der Waals surface area contributed by atoms with Gasteiger partial charge < -0.3 is 15.0 Å². The van der Waals surface area contributed by atoms with Crippen LogP contribution in [-0.2, 0) is 0 Å². The second-order valence-electron chi connectivity index (χ2n) is 8.87. The van der Waals surface area contributed by atoms with Crippen molar-refractivity contribution < 1.29 is 4.74 Å². The van der Waals surface area contributed by atoms with E-state index in [0.717, 1.165) is 57.4 Å². The maximum Gasteiger partial charge on any atom is 0.165 e. The van der Waals surface area contributed by atoms with Gasteiger partial charge in [0.05, 0.1) is 11.4 Å². The first-order valence-corrected chi connectivity index (χ1v) is 12.5. The summed E-state index contributed by atoms with van der Waals surface area (Å²) in [7, 11) is 0. The summed E-state index contributed by atoms with van der Waals surface area (Å²) in [6.45, 7) is 0. The molecular formula is C28H22BrN5O. The third-order valence-corrected chi connectivity index (χ3v) is 7.22. The highest BCUT2D eigenvalue weighted by molar-refractivity contribution is 9.10. The topological polar surface area (TPSA) is 61.2 Å².